The van der Waals surface area contributed by atoms with E-state index in [-0.39, 0.29) is 39.0 Å². The maximum atomic E-state index is 14.3. The largest absolute Gasteiger partial charge is 0.494 e. The highest BCUT2D eigenvalue weighted by atomic mass is 32.9. The summed E-state index contributed by atoms with van der Waals surface area (Å²) < 4.78 is 13.2. The number of hydrogen-bond acceptors (Lipinski definition) is 7. The molecule has 7 atom stereocenters. The number of Topliss-reactive ketones (excluding diaryl/α,β-unsaturated/α-hetero) is 1. The SMILES string of the molecule is CC1(C)CC[C@]2(C(=O)OCCCCOc3ccc(-c4cc(=S)ss4)cc3)CC[C@]3(C)C(=CC[C@@H]4[C@@]5(C)CCC(=O)C(C)(C)[C@@H]5CC[C@]43C)[C@@H]2C1. The smallest absolute Gasteiger partial charge is 0.312 e. The van der Waals surface area contributed by atoms with Gasteiger partial charge in [-0.3, -0.25) is 9.59 Å². The first-order valence-corrected chi connectivity index (χ1v) is 21.9. The monoisotopic (exact) mass is 734 g/mol. The van der Waals surface area contributed by atoms with Crippen molar-refractivity contribution in [3.05, 3.63) is 45.8 Å². The molecule has 0 spiro atoms. The molecule has 50 heavy (non-hydrogen) atoms. The first-order chi connectivity index (χ1) is 23.6. The molecule has 0 unspecified atom stereocenters. The predicted octanol–water partition coefficient (Wildman–Crippen LogP) is 12.3. The molecule has 272 valence electrons. The highest BCUT2D eigenvalue weighted by Gasteiger charge is 2.69. The van der Waals surface area contributed by atoms with E-state index in [1.807, 2.05) is 12.1 Å². The Kier molecular flexibility index (Phi) is 9.45. The summed E-state index contributed by atoms with van der Waals surface area (Å²) in [5.41, 5.74) is 2.68. The standard InChI is InChI=1S/C43H58O4S3/c1-38(2)20-22-43(37(45)47-25-9-8-24-46-29-12-10-28(11-13-29)32-26-36(48)50-49-32)23-21-41(6)30(31(43)27-38)14-15-34-40(5)18-17-35(44)39(3,4)33(40)16-19-42(34,41)7/h10-14,26,31,33-34H,8-9,15-25,27H2,1-7H3/t31-,33-,34+,40-,41+,42+,43-/m0/s1. The Morgan fingerprint density at radius 2 is 1.60 bits per heavy atom. The molecule has 7 rings (SSSR count). The second-order valence-corrected chi connectivity index (χ2v) is 21.6. The van der Waals surface area contributed by atoms with Crippen LogP contribution in [0.4, 0.5) is 0 Å². The minimum absolute atomic E-state index is 0.0460. The van der Waals surface area contributed by atoms with Crippen molar-refractivity contribution in [2.75, 3.05) is 13.2 Å². The van der Waals surface area contributed by atoms with E-state index in [1.165, 1.54) is 16.9 Å². The molecule has 1 aromatic carbocycles. The first kappa shape index (κ1) is 36.5. The molecule has 0 radical (unpaired) electrons. The van der Waals surface area contributed by atoms with Crippen LogP contribution >= 0.6 is 32.9 Å². The van der Waals surface area contributed by atoms with Gasteiger partial charge in [0.15, 0.2) is 0 Å². The minimum Gasteiger partial charge on any atom is -0.494 e. The van der Waals surface area contributed by atoms with Crippen molar-refractivity contribution in [3.8, 4) is 16.2 Å². The summed E-state index contributed by atoms with van der Waals surface area (Å²) in [7, 11) is 3.34. The normalized spacial score (nSPS) is 37.0. The molecule has 4 nitrogen and oxygen atoms in total. The van der Waals surface area contributed by atoms with Crippen LogP contribution in [0.25, 0.3) is 10.4 Å². The molecule has 0 saturated heterocycles. The van der Waals surface area contributed by atoms with Crippen LogP contribution in [-0.2, 0) is 14.3 Å². The van der Waals surface area contributed by atoms with Crippen molar-refractivity contribution in [2.24, 2.45) is 50.2 Å². The van der Waals surface area contributed by atoms with Crippen LogP contribution in [0.1, 0.15) is 126 Å². The van der Waals surface area contributed by atoms with Gasteiger partial charge in [0, 0.05) is 16.7 Å². The fraction of sp³-hybridized carbons (Fsp3) is 0.698. The minimum atomic E-state index is -0.419. The van der Waals surface area contributed by atoms with Gasteiger partial charge in [0.05, 0.1) is 18.6 Å². The Bertz CT molecular complexity index is 1720. The van der Waals surface area contributed by atoms with Gasteiger partial charge in [-0.1, -0.05) is 93.0 Å². The summed E-state index contributed by atoms with van der Waals surface area (Å²) in [6.07, 6.45) is 14.4. The second-order valence-electron chi connectivity index (χ2n) is 18.7. The van der Waals surface area contributed by atoms with Crippen LogP contribution in [0.15, 0.2) is 42.0 Å². The lowest BCUT2D eigenvalue weighted by molar-refractivity contribution is -0.191. The number of allylic oxidation sites excluding steroid dienone is 2. The van der Waals surface area contributed by atoms with Crippen LogP contribution in [0, 0.1) is 54.1 Å². The average Bonchev–Trinajstić information content (AvgIpc) is 3.51. The second kappa shape index (κ2) is 12.9. The van der Waals surface area contributed by atoms with Crippen molar-refractivity contribution in [3.63, 3.8) is 0 Å². The number of ether oxygens (including phenoxy) is 2. The van der Waals surface area contributed by atoms with Gasteiger partial charge in [0.2, 0.25) is 0 Å². The Morgan fingerprint density at radius 3 is 2.32 bits per heavy atom. The molecular formula is C43H58O4S3. The lowest BCUT2D eigenvalue weighted by Crippen LogP contribution is -2.64. The third kappa shape index (κ3) is 5.82. The molecule has 0 amide bonds. The van der Waals surface area contributed by atoms with E-state index in [0.717, 1.165) is 80.2 Å². The van der Waals surface area contributed by atoms with E-state index in [1.54, 1.807) is 26.3 Å². The van der Waals surface area contributed by atoms with Gasteiger partial charge in [-0.05, 0) is 146 Å². The van der Waals surface area contributed by atoms with Gasteiger partial charge >= 0.3 is 5.97 Å². The molecule has 1 aromatic heterocycles. The van der Waals surface area contributed by atoms with Gasteiger partial charge < -0.3 is 9.47 Å². The van der Waals surface area contributed by atoms with Gasteiger partial charge in [-0.25, -0.2) is 0 Å². The fourth-order valence-corrected chi connectivity index (χ4v) is 14.6. The van der Waals surface area contributed by atoms with Crippen LogP contribution in [0.5, 0.6) is 5.75 Å². The molecule has 5 aliphatic rings. The Labute approximate surface area is 313 Å². The van der Waals surface area contributed by atoms with E-state index in [2.05, 4.69) is 72.7 Å². The van der Waals surface area contributed by atoms with E-state index in [0.29, 0.717) is 30.8 Å². The zero-order valence-electron chi connectivity index (χ0n) is 31.5. The molecule has 4 saturated carbocycles. The van der Waals surface area contributed by atoms with Crippen LogP contribution in [-0.4, -0.2) is 25.0 Å². The first-order valence-electron chi connectivity index (χ1n) is 19.3. The van der Waals surface area contributed by atoms with Gasteiger partial charge in [-0.2, -0.15) is 0 Å². The zero-order chi connectivity index (χ0) is 35.7. The van der Waals surface area contributed by atoms with Crippen molar-refractivity contribution in [2.45, 2.75) is 126 Å². The number of carbonyl (C=O) groups is 2. The number of esters is 1. The molecule has 0 aliphatic heterocycles. The van der Waals surface area contributed by atoms with Crippen molar-refractivity contribution >= 4 is 44.7 Å². The third-order valence-electron chi connectivity index (χ3n) is 15.4. The average molecular weight is 735 g/mol. The van der Waals surface area contributed by atoms with Crippen molar-refractivity contribution in [1.29, 1.82) is 0 Å². The van der Waals surface area contributed by atoms with Crippen molar-refractivity contribution in [1.82, 2.24) is 0 Å². The van der Waals surface area contributed by atoms with E-state index in [4.69, 9.17) is 21.7 Å². The molecule has 2 aromatic rings. The number of carbonyl (C=O) groups excluding carboxylic acids is 2. The van der Waals surface area contributed by atoms with Crippen LogP contribution < -0.4 is 4.74 Å². The fourth-order valence-electron chi connectivity index (χ4n) is 12.2. The number of unbranched alkanes of at least 4 members (excludes halogenated alkanes) is 1. The number of rotatable bonds is 8. The molecule has 5 aliphatic carbocycles. The quantitative estimate of drug-likeness (QED) is 0.0888. The van der Waals surface area contributed by atoms with Crippen LogP contribution in [0.2, 0.25) is 0 Å². The van der Waals surface area contributed by atoms with Gasteiger partial charge in [-0.15, -0.1) is 0 Å². The van der Waals surface area contributed by atoms with E-state index < -0.39 is 5.41 Å². The predicted molar refractivity (Wildman–Crippen MR) is 208 cm³/mol. The maximum Gasteiger partial charge on any atom is 0.312 e. The Hall–Kier alpha value is -1.83. The van der Waals surface area contributed by atoms with Crippen molar-refractivity contribution < 1.29 is 19.1 Å². The van der Waals surface area contributed by atoms with Gasteiger partial charge in [0.1, 0.15) is 15.4 Å². The van der Waals surface area contributed by atoms with E-state index in [9.17, 15) is 9.59 Å². The molecule has 1 heterocycles. The number of benzene rings is 1. The van der Waals surface area contributed by atoms with Crippen LogP contribution in [0.3, 0.4) is 0 Å². The number of hydrogen-bond donors (Lipinski definition) is 0. The molecule has 0 bridgehead atoms. The summed E-state index contributed by atoms with van der Waals surface area (Å²) in [6, 6.07) is 10.3. The summed E-state index contributed by atoms with van der Waals surface area (Å²) >= 11 is 5.28. The highest BCUT2D eigenvalue weighted by Crippen LogP contribution is 2.75. The number of fused-ring (bicyclic) bond motifs is 7. The topological polar surface area (TPSA) is 52.6 Å². The molecular weight excluding hydrogens is 677 g/mol. The summed E-state index contributed by atoms with van der Waals surface area (Å²) in [5.74, 6) is 2.62. The molecule has 4 fully saturated rings. The highest BCUT2D eigenvalue weighted by molar-refractivity contribution is 7.80. The summed E-state index contributed by atoms with van der Waals surface area (Å²) in [6.45, 7) is 18.0. The Morgan fingerprint density at radius 1 is 0.880 bits per heavy atom. The summed E-state index contributed by atoms with van der Waals surface area (Å²) in [5, 5.41) is 0. The number of ketones is 1. The Balaban J connectivity index is 1.02. The molecule has 0 N–H and O–H groups in total. The summed E-state index contributed by atoms with van der Waals surface area (Å²) in [4.78, 5) is 28.7. The zero-order valence-corrected chi connectivity index (χ0v) is 33.9. The molecule has 7 heteroatoms. The third-order valence-corrected chi connectivity index (χ3v) is 18.3. The maximum absolute atomic E-state index is 14.3. The van der Waals surface area contributed by atoms with E-state index >= 15 is 0 Å². The lowest BCUT2D eigenvalue weighted by Gasteiger charge is -2.70. The lowest BCUT2D eigenvalue weighted by atomic mass is 9.33. The van der Waals surface area contributed by atoms with Gasteiger partial charge in [0.25, 0.3) is 0 Å².